The van der Waals surface area contributed by atoms with Gasteiger partial charge in [-0.05, 0) is 18.2 Å². The van der Waals surface area contributed by atoms with Crippen LogP contribution in [0.5, 0.6) is 11.5 Å². The smallest absolute Gasteiger partial charge is 0.231 e. The summed E-state index contributed by atoms with van der Waals surface area (Å²) in [6.45, 7) is 5.29. The summed E-state index contributed by atoms with van der Waals surface area (Å²) in [7, 11) is 0. The number of hydrogen-bond acceptors (Lipinski definition) is 6. The van der Waals surface area contributed by atoms with E-state index in [9.17, 15) is 0 Å². The molecule has 2 aromatic rings. The predicted molar refractivity (Wildman–Crippen MR) is 72.7 cm³/mol. The molecule has 2 heterocycles. The number of fused-ring (bicyclic) bond motifs is 1. The van der Waals surface area contributed by atoms with Gasteiger partial charge in [-0.3, -0.25) is 0 Å². The number of hydrogen-bond donors (Lipinski definition) is 1. The summed E-state index contributed by atoms with van der Waals surface area (Å²) >= 11 is 0. The fourth-order valence-electron chi connectivity index (χ4n) is 1.98. The van der Waals surface area contributed by atoms with Gasteiger partial charge in [0.15, 0.2) is 11.5 Å². The molecule has 0 unspecified atom stereocenters. The third-order valence-corrected chi connectivity index (χ3v) is 2.99. The lowest BCUT2D eigenvalue weighted by Crippen LogP contribution is -2.25. The van der Waals surface area contributed by atoms with Crippen molar-refractivity contribution in [3.63, 3.8) is 0 Å². The van der Waals surface area contributed by atoms with Gasteiger partial charge in [-0.1, -0.05) is 19.0 Å². The van der Waals surface area contributed by atoms with Gasteiger partial charge in [-0.25, -0.2) is 0 Å². The van der Waals surface area contributed by atoms with Gasteiger partial charge >= 0.3 is 0 Å². The number of nitrogens with zero attached hydrogens (tertiary/aromatic N) is 2. The summed E-state index contributed by atoms with van der Waals surface area (Å²) < 4.78 is 15.9. The minimum Gasteiger partial charge on any atom is -0.454 e. The number of benzene rings is 1. The molecule has 0 saturated heterocycles. The highest BCUT2D eigenvalue weighted by atomic mass is 16.7. The Kier molecular flexibility index (Phi) is 3.56. The Balaban J connectivity index is 1.70. The molecule has 106 valence electrons. The van der Waals surface area contributed by atoms with E-state index in [1.165, 1.54) is 0 Å². The molecule has 0 fully saturated rings. The molecule has 0 amide bonds. The van der Waals surface area contributed by atoms with Gasteiger partial charge < -0.3 is 19.3 Å². The molecular formula is C14H17N3O3. The van der Waals surface area contributed by atoms with Crippen molar-refractivity contribution in [1.82, 2.24) is 15.5 Å². The van der Waals surface area contributed by atoms with Crippen molar-refractivity contribution in [2.24, 2.45) is 0 Å². The number of nitrogens with one attached hydrogen (secondary N) is 1. The third-order valence-electron chi connectivity index (χ3n) is 2.99. The highest BCUT2D eigenvalue weighted by Crippen LogP contribution is 2.35. The quantitative estimate of drug-likeness (QED) is 0.900. The Morgan fingerprint density at radius 1 is 1.25 bits per heavy atom. The van der Waals surface area contributed by atoms with E-state index >= 15 is 0 Å². The van der Waals surface area contributed by atoms with E-state index in [0.29, 0.717) is 17.8 Å². The van der Waals surface area contributed by atoms with Crippen molar-refractivity contribution < 1.29 is 14.0 Å². The first-order valence-corrected chi connectivity index (χ1v) is 6.68. The Morgan fingerprint density at radius 2 is 2.10 bits per heavy atom. The zero-order chi connectivity index (χ0) is 13.9. The fourth-order valence-corrected chi connectivity index (χ4v) is 1.98. The van der Waals surface area contributed by atoms with Crippen molar-refractivity contribution in [1.29, 1.82) is 0 Å². The minimum atomic E-state index is 0.261. The molecule has 0 bridgehead atoms. The van der Waals surface area contributed by atoms with Gasteiger partial charge in [-0.2, -0.15) is 4.98 Å². The molecule has 1 aromatic heterocycles. The fraction of sp³-hybridized carbons (Fsp3) is 0.429. The van der Waals surface area contributed by atoms with Gasteiger partial charge in [0.25, 0.3) is 0 Å². The molecule has 20 heavy (non-hydrogen) atoms. The second kappa shape index (κ2) is 5.50. The van der Waals surface area contributed by atoms with Crippen LogP contribution in [0.25, 0.3) is 11.4 Å². The van der Waals surface area contributed by atoms with Gasteiger partial charge in [0.1, 0.15) is 0 Å². The highest BCUT2D eigenvalue weighted by molar-refractivity contribution is 5.61. The maximum absolute atomic E-state index is 5.34. The van der Waals surface area contributed by atoms with Gasteiger partial charge in [0.2, 0.25) is 18.5 Å². The Bertz CT molecular complexity index is 595. The van der Waals surface area contributed by atoms with Crippen LogP contribution in [0.1, 0.15) is 19.7 Å². The second-order valence-electron chi connectivity index (χ2n) is 4.94. The summed E-state index contributed by atoms with van der Waals surface area (Å²) in [5.41, 5.74) is 0.862. The summed E-state index contributed by atoms with van der Waals surface area (Å²) in [5.74, 6) is 2.67. The van der Waals surface area contributed by atoms with Crippen LogP contribution in [-0.4, -0.2) is 29.5 Å². The van der Waals surface area contributed by atoms with E-state index in [1.54, 1.807) is 0 Å². The molecule has 1 aromatic carbocycles. The lowest BCUT2D eigenvalue weighted by Gasteiger charge is -2.04. The molecule has 0 aliphatic carbocycles. The van der Waals surface area contributed by atoms with Crippen LogP contribution >= 0.6 is 0 Å². The molecule has 0 spiro atoms. The summed E-state index contributed by atoms with van der Waals surface area (Å²) in [6, 6.07) is 6.07. The number of rotatable bonds is 5. The first-order valence-electron chi connectivity index (χ1n) is 6.68. The van der Waals surface area contributed by atoms with E-state index in [-0.39, 0.29) is 6.79 Å². The largest absolute Gasteiger partial charge is 0.454 e. The molecule has 3 rings (SSSR count). The third kappa shape index (κ3) is 2.75. The Labute approximate surface area is 117 Å². The Morgan fingerprint density at radius 3 is 2.95 bits per heavy atom. The van der Waals surface area contributed by atoms with Gasteiger partial charge in [0.05, 0.1) is 0 Å². The van der Waals surface area contributed by atoms with Gasteiger partial charge in [0, 0.05) is 24.6 Å². The van der Waals surface area contributed by atoms with Crippen molar-refractivity contribution in [2.75, 3.05) is 13.3 Å². The zero-order valence-electron chi connectivity index (χ0n) is 11.5. The van der Waals surface area contributed by atoms with Crippen molar-refractivity contribution in [3.8, 4) is 22.9 Å². The minimum absolute atomic E-state index is 0.261. The lowest BCUT2D eigenvalue weighted by atomic mass is 10.2. The Hall–Kier alpha value is -2.08. The molecule has 6 nitrogen and oxygen atoms in total. The van der Waals surface area contributed by atoms with Crippen molar-refractivity contribution in [2.45, 2.75) is 26.3 Å². The maximum Gasteiger partial charge on any atom is 0.231 e. The van der Waals surface area contributed by atoms with E-state index in [0.717, 1.165) is 30.0 Å². The van der Waals surface area contributed by atoms with Crippen molar-refractivity contribution in [3.05, 3.63) is 24.1 Å². The van der Waals surface area contributed by atoms with Crippen LogP contribution < -0.4 is 14.8 Å². The average molecular weight is 275 g/mol. The molecule has 0 atom stereocenters. The van der Waals surface area contributed by atoms with E-state index < -0.39 is 0 Å². The zero-order valence-corrected chi connectivity index (χ0v) is 11.5. The molecule has 0 radical (unpaired) electrons. The van der Waals surface area contributed by atoms with E-state index in [4.69, 9.17) is 14.0 Å². The summed E-state index contributed by atoms with van der Waals surface area (Å²) in [4.78, 5) is 4.39. The SMILES string of the molecule is CC(C)NCCc1nc(-c2ccc3c(c2)OCO3)no1. The van der Waals surface area contributed by atoms with Crippen LogP contribution in [0.4, 0.5) is 0 Å². The topological polar surface area (TPSA) is 69.4 Å². The van der Waals surface area contributed by atoms with Crippen LogP contribution in [0.2, 0.25) is 0 Å². The van der Waals surface area contributed by atoms with Crippen molar-refractivity contribution >= 4 is 0 Å². The molecule has 0 saturated carbocycles. The molecule has 1 N–H and O–H groups in total. The lowest BCUT2D eigenvalue weighted by molar-refractivity contribution is 0.174. The predicted octanol–water partition coefficient (Wildman–Crippen LogP) is 2.01. The normalized spacial score (nSPS) is 13.2. The van der Waals surface area contributed by atoms with Crippen LogP contribution in [0.15, 0.2) is 22.7 Å². The number of ether oxygens (including phenoxy) is 2. The maximum atomic E-state index is 5.34. The highest BCUT2D eigenvalue weighted by Gasteiger charge is 2.16. The first kappa shape index (κ1) is 12.9. The molecule has 6 heteroatoms. The van der Waals surface area contributed by atoms with Crippen LogP contribution in [-0.2, 0) is 6.42 Å². The monoisotopic (exact) mass is 275 g/mol. The van der Waals surface area contributed by atoms with Crippen LogP contribution in [0, 0.1) is 0 Å². The first-order chi connectivity index (χ1) is 9.72. The van der Waals surface area contributed by atoms with Gasteiger partial charge in [-0.15, -0.1) is 0 Å². The summed E-state index contributed by atoms with van der Waals surface area (Å²) in [5, 5.41) is 7.31. The number of aromatic nitrogens is 2. The van der Waals surface area contributed by atoms with E-state index in [1.807, 2.05) is 18.2 Å². The second-order valence-corrected chi connectivity index (χ2v) is 4.94. The summed E-state index contributed by atoms with van der Waals surface area (Å²) in [6.07, 6.45) is 0.718. The van der Waals surface area contributed by atoms with Crippen LogP contribution in [0.3, 0.4) is 0 Å². The molecule has 1 aliphatic heterocycles. The molecule has 1 aliphatic rings. The standard InChI is InChI=1S/C14H17N3O3/c1-9(2)15-6-5-13-16-14(17-20-13)10-3-4-11-12(7-10)19-8-18-11/h3-4,7,9,15H,5-6,8H2,1-2H3. The average Bonchev–Trinajstić information content (AvgIpc) is 3.05. The van der Waals surface area contributed by atoms with E-state index in [2.05, 4.69) is 29.3 Å². The molecular weight excluding hydrogens is 258 g/mol.